The third-order valence-electron chi connectivity index (χ3n) is 6.17. The van der Waals surface area contributed by atoms with Crippen LogP contribution in [0.15, 0.2) is 36.5 Å². The quantitative estimate of drug-likeness (QED) is 0.884. The predicted molar refractivity (Wildman–Crippen MR) is 103 cm³/mol. The molecule has 2 aliphatic rings. The third-order valence-corrected chi connectivity index (χ3v) is 6.17. The molecule has 2 aliphatic heterocycles. The second-order valence-electron chi connectivity index (χ2n) is 7.98. The fourth-order valence-corrected chi connectivity index (χ4v) is 4.77. The number of amides is 1. The number of fused-ring (bicyclic) bond motifs is 2. The Morgan fingerprint density at radius 1 is 1.15 bits per heavy atom. The Morgan fingerprint density at radius 2 is 1.85 bits per heavy atom. The maximum absolute atomic E-state index is 13.2. The first-order valence-corrected chi connectivity index (χ1v) is 9.56. The fraction of sp³-hybridized carbons (Fsp3) is 0.455. The zero-order valence-corrected chi connectivity index (χ0v) is 15.8. The molecule has 4 nitrogen and oxygen atoms in total. The summed E-state index contributed by atoms with van der Waals surface area (Å²) in [5.74, 6) is 0.0118. The Hall–Kier alpha value is -2.20. The minimum atomic E-state index is -0.0605. The van der Waals surface area contributed by atoms with Gasteiger partial charge in [0.25, 0.3) is 5.91 Å². The fourth-order valence-electron chi connectivity index (χ4n) is 4.77. The maximum atomic E-state index is 13.2. The van der Waals surface area contributed by atoms with Gasteiger partial charge in [-0.2, -0.15) is 0 Å². The standard InChI is InChI=1S/C22H27N3O/c1-14-5-4-6-15(2)19(14)21(26)24-20(17-8-7-16(3)23-13-17)22-11-9-18(25-22)10-12-22/h4-8,13,18,20,25H,9-12H2,1-3H3,(H,24,26). The van der Waals surface area contributed by atoms with E-state index in [1.165, 1.54) is 12.8 Å². The van der Waals surface area contributed by atoms with Crippen molar-refractivity contribution in [2.24, 2.45) is 0 Å². The van der Waals surface area contributed by atoms with Gasteiger partial charge in [0.15, 0.2) is 0 Å². The topological polar surface area (TPSA) is 54.0 Å². The van der Waals surface area contributed by atoms with E-state index in [2.05, 4.69) is 21.7 Å². The average molecular weight is 349 g/mol. The first-order chi connectivity index (χ1) is 12.5. The van der Waals surface area contributed by atoms with Gasteiger partial charge in [0, 0.05) is 29.0 Å². The van der Waals surface area contributed by atoms with Crippen LogP contribution in [0.2, 0.25) is 0 Å². The molecule has 4 heteroatoms. The van der Waals surface area contributed by atoms with Crippen molar-refractivity contribution in [1.82, 2.24) is 15.6 Å². The highest BCUT2D eigenvalue weighted by Crippen LogP contribution is 2.45. The molecule has 0 spiro atoms. The number of carbonyl (C=O) groups is 1. The van der Waals surface area contributed by atoms with Crippen LogP contribution in [0.5, 0.6) is 0 Å². The normalized spacial score (nSPS) is 25.3. The van der Waals surface area contributed by atoms with Gasteiger partial charge in [-0.05, 0) is 69.2 Å². The molecule has 1 unspecified atom stereocenters. The summed E-state index contributed by atoms with van der Waals surface area (Å²) in [5.41, 5.74) is 4.86. The smallest absolute Gasteiger partial charge is 0.252 e. The molecule has 0 aliphatic carbocycles. The molecule has 2 saturated heterocycles. The van der Waals surface area contributed by atoms with Crippen LogP contribution < -0.4 is 10.6 Å². The lowest BCUT2D eigenvalue weighted by Gasteiger charge is -2.36. The van der Waals surface area contributed by atoms with Crippen LogP contribution in [0, 0.1) is 20.8 Å². The van der Waals surface area contributed by atoms with Gasteiger partial charge in [-0.1, -0.05) is 24.3 Å². The van der Waals surface area contributed by atoms with E-state index < -0.39 is 0 Å². The van der Waals surface area contributed by atoms with E-state index in [0.29, 0.717) is 6.04 Å². The minimum absolute atomic E-state index is 0.0118. The van der Waals surface area contributed by atoms with Crippen molar-refractivity contribution < 1.29 is 4.79 Å². The maximum Gasteiger partial charge on any atom is 0.252 e. The Kier molecular flexibility index (Phi) is 4.31. The van der Waals surface area contributed by atoms with Crippen LogP contribution in [0.1, 0.15) is 64.5 Å². The Labute approximate surface area is 155 Å². The van der Waals surface area contributed by atoms with Crippen molar-refractivity contribution in [3.63, 3.8) is 0 Å². The number of aryl methyl sites for hydroxylation is 3. The number of hydrogen-bond acceptors (Lipinski definition) is 3. The summed E-state index contributed by atoms with van der Waals surface area (Å²) in [4.78, 5) is 17.7. The number of carbonyl (C=O) groups excluding carboxylic acids is 1. The summed E-state index contributed by atoms with van der Waals surface area (Å²) in [6.45, 7) is 6.00. The molecule has 0 saturated carbocycles. The molecule has 1 atom stereocenters. The van der Waals surface area contributed by atoms with E-state index in [1.54, 1.807) is 0 Å². The van der Waals surface area contributed by atoms with Crippen molar-refractivity contribution in [3.8, 4) is 0 Å². The van der Waals surface area contributed by atoms with Crippen molar-refractivity contribution in [1.29, 1.82) is 0 Å². The van der Waals surface area contributed by atoms with Gasteiger partial charge in [-0.3, -0.25) is 9.78 Å². The molecule has 0 radical (unpaired) electrons. The Balaban J connectivity index is 1.69. The first-order valence-electron chi connectivity index (χ1n) is 9.56. The van der Waals surface area contributed by atoms with Gasteiger partial charge in [0.2, 0.25) is 0 Å². The lowest BCUT2D eigenvalue weighted by atomic mass is 9.79. The first kappa shape index (κ1) is 17.2. The van der Waals surface area contributed by atoms with Crippen molar-refractivity contribution in [3.05, 3.63) is 64.5 Å². The predicted octanol–water partition coefficient (Wildman–Crippen LogP) is 3.76. The van der Waals surface area contributed by atoms with Crippen LogP contribution >= 0.6 is 0 Å². The summed E-state index contributed by atoms with van der Waals surface area (Å²) in [6, 6.07) is 10.7. The molecule has 1 aromatic heterocycles. The highest BCUT2D eigenvalue weighted by molar-refractivity contribution is 5.97. The van der Waals surface area contributed by atoms with Crippen LogP contribution in [0.4, 0.5) is 0 Å². The number of nitrogens with zero attached hydrogens (tertiary/aromatic N) is 1. The van der Waals surface area contributed by atoms with Crippen LogP contribution in [0.25, 0.3) is 0 Å². The number of benzene rings is 1. The molecule has 26 heavy (non-hydrogen) atoms. The van der Waals surface area contributed by atoms with Crippen LogP contribution in [0.3, 0.4) is 0 Å². The van der Waals surface area contributed by atoms with Gasteiger partial charge in [0.1, 0.15) is 0 Å². The van der Waals surface area contributed by atoms with E-state index in [4.69, 9.17) is 0 Å². The lowest BCUT2D eigenvalue weighted by molar-refractivity contribution is 0.0906. The zero-order chi connectivity index (χ0) is 18.3. The molecule has 2 aromatic rings. The molecule has 4 rings (SSSR count). The summed E-state index contributed by atoms with van der Waals surface area (Å²) in [6.07, 6.45) is 6.50. The summed E-state index contributed by atoms with van der Waals surface area (Å²) in [7, 11) is 0. The van der Waals surface area contributed by atoms with Gasteiger partial charge >= 0.3 is 0 Å². The Morgan fingerprint density at radius 3 is 2.38 bits per heavy atom. The van der Waals surface area contributed by atoms with Crippen molar-refractivity contribution >= 4 is 5.91 Å². The molecular weight excluding hydrogens is 322 g/mol. The van der Waals surface area contributed by atoms with Gasteiger partial charge < -0.3 is 10.6 Å². The number of nitrogens with one attached hydrogen (secondary N) is 2. The minimum Gasteiger partial charge on any atom is -0.343 e. The molecule has 1 aromatic carbocycles. The highest BCUT2D eigenvalue weighted by atomic mass is 16.1. The average Bonchev–Trinajstić information content (AvgIpc) is 3.22. The Bertz CT molecular complexity index is 800. The third kappa shape index (κ3) is 2.92. The monoisotopic (exact) mass is 349 g/mol. The van der Waals surface area contributed by atoms with Gasteiger partial charge in [0.05, 0.1) is 6.04 Å². The molecule has 136 valence electrons. The molecule has 2 N–H and O–H groups in total. The zero-order valence-electron chi connectivity index (χ0n) is 15.8. The second-order valence-corrected chi connectivity index (χ2v) is 7.98. The van der Waals surface area contributed by atoms with E-state index in [1.807, 2.05) is 51.2 Å². The molecule has 3 heterocycles. The van der Waals surface area contributed by atoms with E-state index in [-0.39, 0.29) is 17.5 Å². The second kappa shape index (κ2) is 6.51. The number of pyridine rings is 1. The summed E-state index contributed by atoms with van der Waals surface area (Å²) >= 11 is 0. The van der Waals surface area contributed by atoms with Gasteiger partial charge in [-0.25, -0.2) is 0 Å². The van der Waals surface area contributed by atoms with Crippen molar-refractivity contribution in [2.75, 3.05) is 0 Å². The molecule has 2 bridgehead atoms. The summed E-state index contributed by atoms with van der Waals surface area (Å²) < 4.78 is 0. The lowest BCUT2D eigenvalue weighted by Crippen LogP contribution is -2.50. The number of aromatic nitrogens is 1. The van der Waals surface area contributed by atoms with E-state index in [0.717, 1.165) is 40.8 Å². The largest absolute Gasteiger partial charge is 0.343 e. The van der Waals surface area contributed by atoms with Crippen molar-refractivity contribution in [2.45, 2.75) is 64.1 Å². The highest BCUT2D eigenvalue weighted by Gasteiger charge is 2.50. The number of rotatable bonds is 4. The van der Waals surface area contributed by atoms with E-state index >= 15 is 0 Å². The molecule has 2 fully saturated rings. The molecule has 1 amide bonds. The van der Waals surface area contributed by atoms with Crippen LogP contribution in [-0.4, -0.2) is 22.5 Å². The summed E-state index contributed by atoms with van der Waals surface area (Å²) in [5, 5.41) is 7.17. The van der Waals surface area contributed by atoms with E-state index in [9.17, 15) is 4.79 Å². The van der Waals surface area contributed by atoms with Gasteiger partial charge in [-0.15, -0.1) is 0 Å². The van der Waals surface area contributed by atoms with Crippen LogP contribution in [-0.2, 0) is 0 Å². The molecular formula is C22H27N3O. The number of hydrogen-bond donors (Lipinski definition) is 2. The SMILES string of the molecule is Cc1ccc(C(NC(=O)c2c(C)cccc2C)C23CCC(CC2)N3)cn1.